The minimum absolute atomic E-state index is 0.0474. The van der Waals surface area contributed by atoms with Crippen molar-refractivity contribution in [3.05, 3.63) is 109 Å². The van der Waals surface area contributed by atoms with E-state index in [1.165, 1.54) is 19.3 Å². The molecule has 0 bridgehead atoms. The van der Waals surface area contributed by atoms with Gasteiger partial charge >= 0.3 is 11.9 Å². The zero-order chi connectivity index (χ0) is 44.3. The smallest absolute Gasteiger partial charge is 0.306 e. The van der Waals surface area contributed by atoms with Gasteiger partial charge in [0.2, 0.25) is 0 Å². The van der Waals surface area contributed by atoms with E-state index in [0.29, 0.717) is 30.3 Å². The van der Waals surface area contributed by atoms with Crippen molar-refractivity contribution in [2.24, 2.45) is 0 Å². The first-order chi connectivity index (χ1) is 29.0. The molecule has 0 spiro atoms. The standard InChI is InChI=1S/C50H82NO8P/c1-6-8-10-12-14-15-16-17-18-19-20-21-22-23-24-25-26-27-28-29-30-31-32-33-34-35-37-39-41-43-50(53)59-48(47-58-60(54,55)57-45-44-51(3,4)5)46-56-49(52)42-40-38-36-13-11-9-7-2/h8,10,14-15,17-18,20-21,23-24,26-27,29-30,32-33,35,37,48H,6-7,9,11-13,16,19,22,25,28,31,34,36,38-47H2,1-5H3/b10-8-,15-14-,18-17-,21-20-,24-23-,27-26-,30-29-,33-32-,37-35-. The van der Waals surface area contributed by atoms with E-state index in [4.69, 9.17) is 18.5 Å². The Balaban J connectivity index is 4.33. The molecule has 0 amide bonds. The van der Waals surface area contributed by atoms with Gasteiger partial charge in [-0.15, -0.1) is 0 Å². The van der Waals surface area contributed by atoms with E-state index in [9.17, 15) is 19.0 Å². The van der Waals surface area contributed by atoms with Gasteiger partial charge in [0.05, 0.1) is 27.7 Å². The van der Waals surface area contributed by atoms with E-state index in [1.807, 2.05) is 27.2 Å². The molecule has 0 rings (SSSR count). The number of ether oxygens (including phenoxy) is 2. The molecule has 0 aliphatic carbocycles. The van der Waals surface area contributed by atoms with Gasteiger partial charge in [-0.3, -0.25) is 14.2 Å². The molecular weight excluding hydrogens is 774 g/mol. The molecule has 10 heteroatoms. The molecule has 0 radical (unpaired) electrons. The van der Waals surface area contributed by atoms with Crippen molar-refractivity contribution < 1.29 is 42.1 Å². The Morgan fingerprint density at radius 2 is 0.950 bits per heavy atom. The van der Waals surface area contributed by atoms with Crippen molar-refractivity contribution in [2.45, 2.75) is 148 Å². The molecule has 0 aromatic rings. The van der Waals surface area contributed by atoms with Crippen LogP contribution in [0.5, 0.6) is 0 Å². The number of hydrogen-bond acceptors (Lipinski definition) is 8. The minimum atomic E-state index is -4.64. The highest BCUT2D eigenvalue weighted by atomic mass is 31.2. The van der Waals surface area contributed by atoms with Crippen LogP contribution in [0.4, 0.5) is 0 Å². The van der Waals surface area contributed by atoms with E-state index in [-0.39, 0.29) is 26.1 Å². The number of phosphoric ester groups is 1. The van der Waals surface area contributed by atoms with Gasteiger partial charge in [-0.2, -0.15) is 0 Å². The summed E-state index contributed by atoms with van der Waals surface area (Å²) in [7, 11) is 1.11. The summed E-state index contributed by atoms with van der Waals surface area (Å²) in [6.07, 6.45) is 55.9. The second kappa shape index (κ2) is 41.0. The Bertz CT molecular complexity index is 1380. The van der Waals surface area contributed by atoms with Gasteiger partial charge in [-0.05, 0) is 77.0 Å². The number of rotatable bonds is 39. The second-order valence-corrected chi connectivity index (χ2v) is 17.1. The molecule has 2 unspecified atom stereocenters. The Labute approximate surface area is 366 Å². The molecule has 0 aliphatic heterocycles. The zero-order valence-corrected chi connectivity index (χ0v) is 39.0. The molecule has 0 fully saturated rings. The van der Waals surface area contributed by atoms with Crippen molar-refractivity contribution in [1.29, 1.82) is 0 Å². The van der Waals surface area contributed by atoms with E-state index in [2.05, 4.69) is 117 Å². The summed E-state index contributed by atoms with van der Waals surface area (Å²) in [5.74, 6) is -0.923. The lowest BCUT2D eigenvalue weighted by molar-refractivity contribution is -0.870. The average Bonchev–Trinajstić information content (AvgIpc) is 3.20. The molecule has 0 saturated carbocycles. The molecule has 0 N–H and O–H groups in total. The number of carbonyl (C=O) groups is 2. The van der Waals surface area contributed by atoms with E-state index in [0.717, 1.165) is 77.0 Å². The first-order valence-electron chi connectivity index (χ1n) is 22.6. The van der Waals surface area contributed by atoms with Crippen molar-refractivity contribution in [3.63, 3.8) is 0 Å². The molecule has 340 valence electrons. The van der Waals surface area contributed by atoms with Crippen molar-refractivity contribution in [3.8, 4) is 0 Å². The third-order valence-electron chi connectivity index (χ3n) is 8.81. The number of quaternary nitrogens is 1. The van der Waals surface area contributed by atoms with E-state index in [1.54, 1.807) is 0 Å². The predicted molar refractivity (Wildman–Crippen MR) is 249 cm³/mol. The molecule has 0 aromatic heterocycles. The van der Waals surface area contributed by atoms with Crippen molar-refractivity contribution in [2.75, 3.05) is 47.5 Å². The lowest BCUT2D eigenvalue weighted by Gasteiger charge is -2.28. The maximum absolute atomic E-state index is 12.6. The molecule has 9 nitrogen and oxygen atoms in total. The summed E-state index contributed by atoms with van der Waals surface area (Å²) < 4.78 is 33.7. The molecule has 60 heavy (non-hydrogen) atoms. The number of likely N-dealkylation sites (N-methyl/N-ethyl adjacent to an activating group) is 1. The summed E-state index contributed by atoms with van der Waals surface area (Å²) >= 11 is 0. The highest BCUT2D eigenvalue weighted by Crippen LogP contribution is 2.38. The van der Waals surface area contributed by atoms with Gasteiger partial charge in [-0.1, -0.05) is 162 Å². The van der Waals surface area contributed by atoms with Crippen molar-refractivity contribution in [1.82, 2.24) is 0 Å². The summed E-state index contributed by atoms with van der Waals surface area (Å²) in [5.41, 5.74) is 0. The number of allylic oxidation sites excluding steroid dienone is 18. The number of hydrogen-bond donors (Lipinski definition) is 0. The summed E-state index contributed by atoms with van der Waals surface area (Å²) in [6.45, 7) is 3.96. The van der Waals surface area contributed by atoms with Crippen LogP contribution < -0.4 is 4.89 Å². The molecule has 0 heterocycles. The van der Waals surface area contributed by atoms with Crippen LogP contribution in [0, 0.1) is 0 Å². The average molecular weight is 856 g/mol. The fourth-order valence-electron chi connectivity index (χ4n) is 5.30. The SMILES string of the molecule is CC/C=C\C/C=C\C/C=C\C/C=C\C/C=C\C/C=C\C/C=C\C/C=C\C/C=C\CCCC(=O)OC(COC(=O)CCCCCCCCC)COP(=O)([O-])OCC[N+](C)(C)C. The van der Waals surface area contributed by atoms with Crippen LogP contribution in [-0.2, 0) is 32.7 Å². The lowest BCUT2D eigenvalue weighted by Crippen LogP contribution is -2.37. The lowest BCUT2D eigenvalue weighted by atomic mass is 10.1. The molecule has 2 atom stereocenters. The molecule has 0 saturated heterocycles. The van der Waals surface area contributed by atoms with Crippen molar-refractivity contribution >= 4 is 19.8 Å². The number of nitrogens with zero attached hydrogens (tertiary/aromatic N) is 1. The van der Waals surface area contributed by atoms with Crippen LogP contribution in [0.15, 0.2) is 109 Å². The van der Waals surface area contributed by atoms with Crippen LogP contribution >= 0.6 is 7.82 Å². The Morgan fingerprint density at radius 1 is 0.533 bits per heavy atom. The first kappa shape index (κ1) is 56.7. The third kappa shape index (κ3) is 44.2. The van der Waals surface area contributed by atoms with Crippen LogP contribution in [-0.4, -0.2) is 70.0 Å². The fraction of sp³-hybridized carbons (Fsp3) is 0.600. The van der Waals surface area contributed by atoms with Gasteiger partial charge in [0.25, 0.3) is 7.82 Å². The normalized spacial score (nSPS) is 14.6. The first-order valence-corrected chi connectivity index (χ1v) is 24.1. The fourth-order valence-corrected chi connectivity index (χ4v) is 6.03. The highest BCUT2D eigenvalue weighted by Gasteiger charge is 2.21. The number of esters is 2. The predicted octanol–water partition coefficient (Wildman–Crippen LogP) is 12.5. The largest absolute Gasteiger partial charge is 0.756 e. The van der Waals surface area contributed by atoms with Gasteiger partial charge in [0.1, 0.15) is 19.8 Å². The minimum Gasteiger partial charge on any atom is -0.756 e. The summed E-state index contributed by atoms with van der Waals surface area (Å²) in [4.78, 5) is 37.3. The van der Waals surface area contributed by atoms with E-state index >= 15 is 0 Å². The number of unbranched alkanes of at least 4 members (excludes halogenated alkanes) is 7. The third-order valence-corrected chi connectivity index (χ3v) is 9.77. The van der Waals surface area contributed by atoms with Crippen LogP contribution in [0.3, 0.4) is 0 Å². The van der Waals surface area contributed by atoms with Crippen LogP contribution in [0.1, 0.15) is 142 Å². The number of carbonyl (C=O) groups excluding carboxylic acids is 2. The number of phosphoric acid groups is 1. The van der Waals surface area contributed by atoms with Crippen LogP contribution in [0.2, 0.25) is 0 Å². The van der Waals surface area contributed by atoms with Gasteiger partial charge in [-0.25, -0.2) is 0 Å². The maximum Gasteiger partial charge on any atom is 0.306 e. The summed E-state index contributed by atoms with van der Waals surface area (Å²) in [5, 5.41) is 0. The molecule has 0 aliphatic rings. The topological polar surface area (TPSA) is 111 Å². The quantitative estimate of drug-likeness (QED) is 0.0198. The Kier molecular flexibility index (Phi) is 38.8. The Hall–Kier alpha value is -3.33. The maximum atomic E-state index is 12.6. The van der Waals surface area contributed by atoms with Gasteiger partial charge < -0.3 is 27.9 Å². The Morgan fingerprint density at radius 3 is 1.40 bits per heavy atom. The second-order valence-electron chi connectivity index (χ2n) is 15.7. The van der Waals surface area contributed by atoms with Gasteiger partial charge in [0, 0.05) is 12.8 Å². The van der Waals surface area contributed by atoms with Crippen LogP contribution in [0.25, 0.3) is 0 Å². The highest BCUT2D eigenvalue weighted by molar-refractivity contribution is 7.45. The summed E-state index contributed by atoms with van der Waals surface area (Å²) in [6, 6.07) is 0. The molecule has 0 aromatic carbocycles. The van der Waals surface area contributed by atoms with Gasteiger partial charge in [0.15, 0.2) is 6.10 Å². The monoisotopic (exact) mass is 856 g/mol. The molecular formula is C50H82NO8P. The zero-order valence-electron chi connectivity index (χ0n) is 38.1. The van der Waals surface area contributed by atoms with E-state index < -0.39 is 32.5 Å².